The lowest BCUT2D eigenvalue weighted by molar-refractivity contribution is 0.420. The average molecular weight is 282 g/mol. The maximum Gasteiger partial charge on any atom is 0.251 e. The van der Waals surface area contributed by atoms with Gasteiger partial charge in [-0.05, 0) is 24.3 Å². The Morgan fingerprint density at radius 3 is 2.52 bits per heavy atom. The zero-order valence-electron chi connectivity index (χ0n) is 12.9. The van der Waals surface area contributed by atoms with Crippen molar-refractivity contribution in [3.63, 3.8) is 0 Å². The standard InChI is InChI=1S/C18H22N2O/c1-18(2,3)17-19-15(11-16(21)20-17)14-10-5-4-9-13(14)12-7-6-8-12/h4-5,9-12H,6-8H2,1-3H3,(H,19,20,21). The van der Waals surface area contributed by atoms with Crippen molar-refractivity contribution < 1.29 is 0 Å². The number of aromatic nitrogens is 2. The molecule has 2 aromatic rings. The molecule has 3 nitrogen and oxygen atoms in total. The quantitative estimate of drug-likeness (QED) is 0.904. The summed E-state index contributed by atoms with van der Waals surface area (Å²) in [6.07, 6.45) is 3.79. The Morgan fingerprint density at radius 1 is 1.19 bits per heavy atom. The summed E-state index contributed by atoms with van der Waals surface area (Å²) in [4.78, 5) is 19.6. The predicted molar refractivity (Wildman–Crippen MR) is 85.6 cm³/mol. The van der Waals surface area contributed by atoms with E-state index in [1.54, 1.807) is 6.07 Å². The molecule has 0 saturated heterocycles. The van der Waals surface area contributed by atoms with Crippen LogP contribution in [0.5, 0.6) is 0 Å². The molecular weight excluding hydrogens is 260 g/mol. The smallest absolute Gasteiger partial charge is 0.251 e. The first-order valence-electron chi connectivity index (χ1n) is 7.66. The lowest BCUT2D eigenvalue weighted by Gasteiger charge is -2.28. The van der Waals surface area contributed by atoms with Gasteiger partial charge in [-0.3, -0.25) is 4.79 Å². The van der Waals surface area contributed by atoms with Crippen LogP contribution in [0, 0.1) is 0 Å². The highest BCUT2D eigenvalue weighted by Crippen LogP contribution is 2.40. The number of rotatable bonds is 2. The Hall–Kier alpha value is -1.90. The van der Waals surface area contributed by atoms with Gasteiger partial charge in [-0.2, -0.15) is 0 Å². The first kappa shape index (κ1) is 14.1. The van der Waals surface area contributed by atoms with E-state index in [1.165, 1.54) is 24.8 Å². The van der Waals surface area contributed by atoms with Gasteiger partial charge in [0.2, 0.25) is 0 Å². The summed E-state index contributed by atoms with van der Waals surface area (Å²) < 4.78 is 0. The first-order valence-corrected chi connectivity index (χ1v) is 7.66. The summed E-state index contributed by atoms with van der Waals surface area (Å²) in [6.45, 7) is 6.19. The Morgan fingerprint density at radius 2 is 1.90 bits per heavy atom. The van der Waals surface area contributed by atoms with Gasteiger partial charge in [0.05, 0.1) is 5.69 Å². The van der Waals surface area contributed by atoms with Crippen molar-refractivity contribution in [3.05, 3.63) is 52.1 Å². The lowest BCUT2D eigenvalue weighted by Crippen LogP contribution is -2.22. The molecule has 1 aromatic heterocycles. The highest BCUT2D eigenvalue weighted by Gasteiger charge is 2.24. The van der Waals surface area contributed by atoms with E-state index in [9.17, 15) is 4.79 Å². The Balaban J connectivity index is 2.13. The number of aromatic amines is 1. The number of hydrogen-bond acceptors (Lipinski definition) is 2. The molecule has 0 aliphatic heterocycles. The van der Waals surface area contributed by atoms with Crippen molar-refractivity contribution >= 4 is 0 Å². The highest BCUT2D eigenvalue weighted by atomic mass is 16.1. The molecule has 0 unspecified atom stereocenters. The van der Waals surface area contributed by atoms with Crippen LogP contribution in [0.15, 0.2) is 35.1 Å². The summed E-state index contributed by atoms with van der Waals surface area (Å²) in [5.74, 6) is 1.37. The molecule has 110 valence electrons. The molecule has 3 rings (SSSR count). The van der Waals surface area contributed by atoms with E-state index in [-0.39, 0.29) is 11.0 Å². The van der Waals surface area contributed by atoms with Gasteiger partial charge >= 0.3 is 0 Å². The number of benzene rings is 1. The number of hydrogen-bond donors (Lipinski definition) is 1. The Labute approximate surface area is 125 Å². The van der Waals surface area contributed by atoms with Crippen molar-refractivity contribution in [2.75, 3.05) is 0 Å². The third-order valence-electron chi connectivity index (χ3n) is 4.23. The van der Waals surface area contributed by atoms with Crippen molar-refractivity contribution in [1.82, 2.24) is 9.97 Å². The summed E-state index contributed by atoms with van der Waals surface area (Å²) in [6, 6.07) is 9.99. The normalized spacial score (nSPS) is 15.8. The van der Waals surface area contributed by atoms with E-state index in [4.69, 9.17) is 4.98 Å². The molecule has 0 bridgehead atoms. The summed E-state index contributed by atoms with van der Waals surface area (Å²) >= 11 is 0. The minimum absolute atomic E-state index is 0.0756. The molecule has 1 aromatic carbocycles. The van der Waals surface area contributed by atoms with Crippen LogP contribution in [-0.4, -0.2) is 9.97 Å². The second-order valence-corrected chi connectivity index (χ2v) is 6.94. The molecule has 21 heavy (non-hydrogen) atoms. The van der Waals surface area contributed by atoms with Crippen molar-refractivity contribution in [3.8, 4) is 11.3 Å². The zero-order valence-corrected chi connectivity index (χ0v) is 12.9. The van der Waals surface area contributed by atoms with E-state index < -0.39 is 0 Å². The molecule has 1 heterocycles. The fourth-order valence-corrected chi connectivity index (χ4v) is 2.76. The fourth-order valence-electron chi connectivity index (χ4n) is 2.76. The third kappa shape index (κ3) is 2.78. The van der Waals surface area contributed by atoms with Gasteiger partial charge in [0.1, 0.15) is 5.82 Å². The number of nitrogens with zero attached hydrogens (tertiary/aromatic N) is 1. The van der Waals surface area contributed by atoms with Crippen LogP contribution in [-0.2, 0) is 5.41 Å². The van der Waals surface area contributed by atoms with E-state index in [0.29, 0.717) is 5.92 Å². The second kappa shape index (κ2) is 5.14. The van der Waals surface area contributed by atoms with Crippen LogP contribution >= 0.6 is 0 Å². The van der Waals surface area contributed by atoms with Gasteiger partial charge in [-0.25, -0.2) is 4.98 Å². The van der Waals surface area contributed by atoms with Crippen molar-refractivity contribution in [1.29, 1.82) is 0 Å². The molecule has 1 fully saturated rings. The van der Waals surface area contributed by atoms with Gasteiger partial charge in [0.15, 0.2) is 0 Å². The Kier molecular flexibility index (Phi) is 3.44. The minimum Gasteiger partial charge on any atom is -0.310 e. The maximum absolute atomic E-state index is 12.0. The van der Waals surface area contributed by atoms with Crippen molar-refractivity contribution in [2.45, 2.75) is 51.4 Å². The van der Waals surface area contributed by atoms with Crippen molar-refractivity contribution in [2.24, 2.45) is 0 Å². The summed E-state index contributed by atoms with van der Waals surface area (Å²) in [5, 5.41) is 0. The lowest BCUT2D eigenvalue weighted by atomic mass is 9.78. The van der Waals surface area contributed by atoms with Gasteiger partial charge in [-0.1, -0.05) is 51.5 Å². The zero-order chi connectivity index (χ0) is 15.0. The van der Waals surface area contributed by atoms with Gasteiger partial charge in [0.25, 0.3) is 5.56 Å². The first-order chi connectivity index (χ1) is 9.95. The maximum atomic E-state index is 12.0. The molecular formula is C18H22N2O. The molecule has 1 aliphatic carbocycles. The molecule has 0 spiro atoms. The average Bonchev–Trinajstić information content (AvgIpc) is 2.35. The molecule has 0 radical (unpaired) electrons. The molecule has 0 atom stereocenters. The molecule has 1 N–H and O–H groups in total. The minimum atomic E-state index is -0.166. The van der Waals surface area contributed by atoms with Gasteiger partial charge in [0, 0.05) is 17.0 Å². The van der Waals surface area contributed by atoms with Gasteiger partial charge in [-0.15, -0.1) is 0 Å². The van der Waals surface area contributed by atoms with Crippen LogP contribution < -0.4 is 5.56 Å². The van der Waals surface area contributed by atoms with E-state index >= 15 is 0 Å². The molecule has 0 amide bonds. The van der Waals surface area contributed by atoms with Crippen LogP contribution in [0.25, 0.3) is 11.3 Å². The second-order valence-electron chi connectivity index (χ2n) is 6.94. The van der Waals surface area contributed by atoms with Gasteiger partial charge < -0.3 is 4.98 Å². The fraction of sp³-hybridized carbons (Fsp3) is 0.444. The largest absolute Gasteiger partial charge is 0.310 e. The molecule has 3 heteroatoms. The number of H-pyrrole nitrogens is 1. The topological polar surface area (TPSA) is 45.8 Å². The third-order valence-corrected chi connectivity index (χ3v) is 4.23. The van der Waals surface area contributed by atoms with Crippen LogP contribution in [0.1, 0.15) is 57.3 Å². The van der Waals surface area contributed by atoms with Crippen LogP contribution in [0.2, 0.25) is 0 Å². The summed E-state index contributed by atoms with van der Waals surface area (Å²) in [5.41, 5.74) is 3.00. The van der Waals surface area contributed by atoms with Crippen LogP contribution in [0.4, 0.5) is 0 Å². The van der Waals surface area contributed by atoms with Crippen LogP contribution in [0.3, 0.4) is 0 Å². The predicted octanol–water partition coefficient (Wildman–Crippen LogP) is 4.00. The Bertz CT molecular complexity index is 706. The molecule has 1 aliphatic rings. The SMILES string of the molecule is CC(C)(C)c1nc(-c2ccccc2C2CCC2)cc(=O)[nH]1. The van der Waals surface area contributed by atoms with E-state index in [1.807, 2.05) is 6.07 Å². The number of nitrogens with one attached hydrogen (secondary N) is 1. The van der Waals surface area contributed by atoms with E-state index in [0.717, 1.165) is 17.1 Å². The summed E-state index contributed by atoms with van der Waals surface area (Å²) in [7, 11) is 0. The van der Waals surface area contributed by atoms with E-state index in [2.05, 4.69) is 44.0 Å². The highest BCUT2D eigenvalue weighted by molar-refractivity contribution is 5.64. The monoisotopic (exact) mass is 282 g/mol. The molecule has 1 saturated carbocycles.